The van der Waals surface area contributed by atoms with Gasteiger partial charge in [0.05, 0.1) is 18.2 Å². The molecule has 0 saturated heterocycles. The minimum absolute atomic E-state index is 0.0329. The van der Waals surface area contributed by atoms with Crippen LogP contribution >= 0.6 is 0 Å². The average Bonchev–Trinajstić information content (AvgIpc) is 2.97. The zero-order valence-corrected chi connectivity index (χ0v) is 17.0. The summed E-state index contributed by atoms with van der Waals surface area (Å²) in [7, 11) is 1.89. The molecule has 4 saturated carbocycles. The highest BCUT2D eigenvalue weighted by Crippen LogP contribution is 2.68. The number of nitroso groups, excluding NO2 is 1. The van der Waals surface area contributed by atoms with Crippen molar-refractivity contribution in [1.29, 1.82) is 0 Å². The summed E-state index contributed by atoms with van der Waals surface area (Å²) in [6.07, 6.45) is 9.15. The fourth-order valence-corrected chi connectivity index (χ4v) is 8.48. The Labute approximate surface area is 158 Å². The smallest absolute Gasteiger partial charge is 0.0922 e. The number of fused-ring (bicyclic) bond motifs is 5. The first-order valence-electron chi connectivity index (χ1n) is 10.9. The van der Waals surface area contributed by atoms with Crippen LogP contribution in [0.4, 0.5) is 0 Å². The molecule has 0 aromatic rings. The Kier molecular flexibility index (Phi) is 4.75. The maximum Gasteiger partial charge on any atom is 0.0922 e. The van der Waals surface area contributed by atoms with Crippen molar-refractivity contribution in [3.63, 3.8) is 0 Å². The predicted molar refractivity (Wildman–Crippen MR) is 103 cm³/mol. The molecule has 4 nitrogen and oxygen atoms in total. The van der Waals surface area contributed by atoms with E-state index in [1.807, 2.05) is 14.0 Å². The molecule has 26 heavy (non-hydrogen) atoms. The molecule has 0 amide bonds. The van der Waals surface area contributed by atoms with Crippen LogP contribution in [0.1, 0.15) is 72.1 Å². The summed E-state index contributed by atoms with van der Waals surface area (Å²) in [4.78, 5) is 11.1. The SMILES string of the molecule is CO[C@H]1C[C@@]2(C)C(CC[C@@H]2C(C)O)C2CCC3C[C@@H](N=O)CC[C@]3(C)C21. The predicted octanol–water partition coefficient (Wildman–Crippen LogP) is 4.79. The maximum absolute atomic E-state index is 11.1. The number of nitrogens with zero attached hydrogens (tertiary/aromatic N) is 1. The van der Waals surface area contributed by atoms with Gasteiger partial charge in [0, 0.05) is 7.11 Å². The molecule has 4 fully saturated rings. The Morgan fingerprint density at radius 3 is 2.54 bits per heavy atom. The fraction of sp³-hybridized carbons (Fsp3) is 1.00. The highest BCUT2D eigenvalue weighted by molar-refractivity contribution is 5.13. The number of hydrogen-bond donors (Lipinski definition) is 1. The Balaban J connectivity index is 1.67. The van der Waals surface area contributed by atoms with Gasteiger partial charge in [-0.1, -0.05) is 19.0 Å². The summed E-state index contributed by atoms with van der Waals surface area (Å²) < 4.78 is 6.16. The number of aliphatic hydroxyl groups is 1. The fourth-order valence-electron chi connectivity index (χ4n) is 8.48. The Morgan fingerprint density at radius 1 is 1.12 bits per heavy atom. The molecule has 0 spiro atoms. The molecule has 5 unspecified atom stereocenters. The summed E-state index contributed by atoms with van der Waals surface area (Å²) in [6, 6.07) is 0.0329. The third-order valence-electron chi connectivity index (χ3n) is 9.65. The summed E-state index contributed by atoms with van der Waals surface area (Å²) in [5.41, 5.74) is 0.496. The van der Waals surface area contributed by atoms with Crippen LogP contribution in [-0.2, 0) is 4.74 Å². The Hall–Kier alpha value is -0.480. The summed E-state index contributed by atoms with van der Waals surface area (Å²) in [6.45, 7) is 6.91. The van der Waals surface area contributed by atoms with E-state index in [2.05, 4.69) is 19.0 Å². The van der Waals surface area contributed by atoms with Crippen molar-refractivity contribution in [2.24, 2.45) is 45.6 Å². The molecule has 0 aliphatic heterocycles. The molecule has 4 rings (SSSR count). The lowest BCUT2D eigenvalue weighted by Gasteiger charge is -2.63. The van der Waals surface area contributed by atoms with Gasteiger partial charge >= 0.3 is 0 Å². The molecule has 1 N–H and O–H groups in total. The summed E-state index contributed by atoms with van der Waals surface area (Å²) in [5.74, 6) is 3.06. The summed E-state index contributed by atoms with van der Waals surface area (Å²) in [5, 5.41) is 13.8. The monoisotopic (exact) mass is 363 g/mol. The van der Waals surface area contributed by atoms with Gasteiger partial charge in [-0.2, -0.15) is 4.91 Å². The standard InChI is InChI=1S/C22H37NO3/c1-13(24)17-7-8-18-16-6-5-14-11-15(23-25)9-10-21(14,2)20(16)19(26-4)12-22(17,18)3/h13-20,24H,5-12H2,1-4H3/t13?,14?,15-,16?,17+,18?,19-,20?,21-,22+/m0/s1. The van der Waals surface area contributed by atoms with Crippen LogP contribution in [0.2, 0.25) is 0 Å². The normalized spacial score (nSPS) is 54.7. The van der Waals surface area contributed by atoms with Crippen LogP contribution in [0, 0.1) is 45.3 Å². The zero-order valence-electron chi connectivity index (χ0n) is 17.0. The van der Waals surface area contributed by atoms with Gasteiger partial charge in [-0.3, -0.25) is 0 Å². The third-order valence-corrected chi connectivity index (χ3v) is 9.65. The number of methoxy groups -OCH3 is 1. The van der Waals surface area contributed by atoms with Gasteiger partial charge in [0.15, 0.2) is 0 Å². The molecule has 4 heteroatoms. The molecule has 0 heterocycles. The zero-order chi connectivity index (χ0) is 18.7. The second-order valence-corrected chi connectivity index (χ2v) is 10.5. The lowest BCUT2D eigenvalue weighted by molar-refractivity contribution is -0.183. The van der Waals surface area contributed by atoms with Gasteiger partial charge in [0.1, 0.15) is 0 Å². The van der Waals surface area contributed by atoms with Gasteiger partial charge in [-0.25, -0.2) is 0 Å². The number of rotatable bonds is 3. The molecular weight excluding hydrogens is 326 g/mol. The highest BCUT2D eigenvalue weighted by Gasteiger charge is 2.63. The van der Waals surface area contributed by atoms with Gasteiger partial charge in [0.25, 0.3) is 0 Å². The van der Waals surface area contributed by atoms with Crippen molar-refractivity contribution in [3.8, 4) is 0 Å². The molecule has 0 radical (unpaired) electrons. The molecule has 0 bridgehead atoms. The lowest BCUT2D eigenvalue weighted by atomic mass is 9.43. The number of ether oxygens (including phenoxy) is 1. The van der Waals surface area contributed by atoms with E-state index in [4.69, 9.17) is 4.74 Å². The van der Waals surface area contributed by atoms with E-state index in [1.165, 1.54) is 19.3 Å². The van der Waals surface area contributed by atoms with Crippen LogP contribution in [0.3, 0.4) is 0 Å². The Morgan fingerprint density at radius 2 is 1.88 bits per heavy atom. The van der Waals surface area contributed by atoms with Gasteiger partial charge in [-0.15, -0.1) is 0 Å². The second kappa shape index (κ2) is 6.55. The second-order valence-electron chi connectivity index (χ2n) is 10.5. The molecule has 0 aromatic heterocycles. The van der Waals surface area contributed by atoms with Crippen LogP contribution < -0.4 is 0 Å². The Bertz CT molecular complexity index is 552. The van der Waals surface area contributed by atoms with E-state index in [1.54, 1.807) is 0 Å². The van der Waals surface area contributed by atoms with E-state index in [0.717, 1.165) is 38.0 Å². The van der Waals surface area contributed by atoms with Crippen LogP contribution in [0.25, 0.3) is 0 Å². The van der Waals surface area contributed by atoms with E-state index in [0.29, 0.717) is 23.7 Å². The topological polar surface area (TPSA) is 58.9 Å². The van der Waals surface area contributed by atoms with Crippen LogP contribution in [0.15, 0.2) is 5.18 Å². The van der Waals surface area contributed by atoms with Crippen LogP contribution in [-0.4, -0.2) is 30.5 Å². The van der Waals surface area contributed by atoms with E-state index in [-0.39, 0.29) is 29.1 Å². The molecule has 4 aliphatic rings. The van der Waals surface area contributed by atoms with E-state index < -0.39 is 0 Å². The van der Waals surface area contributed by atoms with E-state index >= 15 is 0 Å². The van der Waals surface area contributed by atoms with E-state index in [9.17, 15) is 10.0 Å². The largest absolute Gasteiger partial charge is 0.393 e. The van der Waals surface area contributed by atoms with Crippen molar-refractivity contribution in [2.45, 2.75) is 90.4 Å². The summed E-state index contributed by atoms with van der Waals surface area (Å²) >= 11 is 0. The minimum Gasteiger partial charge on any atom is -0.393 e. The van der Waals surface area contributed by atoms with Crippen molar-refractivity contribution < 1.29 is 9.84 Å². The highest BCUT2D eigenvalue weighted by atomic mass is 16.5. The van der Waals surface area contributed by atoms with Gasteiger partial charge in [0.2, 0.25) is 0 Å². The lowest BCUT2D eigenvalue weighted by Crippen LogP contribution is -2.59. The van der Waals surface area contributed by atoms with Crippen LogP contribution in [0.5, 0.6) is 0 Å². The molecule has 0 aromatic carbocycles. The average molecular weight is 364 g/mol. The first-order chi connectivity index (χ1) is 12.3. The van der Waals surface area contributed by atoms with Crippen molar-refractivity contribution in [1.82, 2.24) is 0 Å². The first kappa shape index (κ1) is 18.9. The maximum atomic E-state index is 11.1. The van der Waals surface area contributed by atoms with Gasteiger partial charge in [-0.05, 0) is 98.7 Å². The van der Waals surface area contributed by atoms with Crippen molar-refractivity contribution >= 4 is 0 Å². The first-order valence-corrected chi connectivity index (χ1v) is 10.9. The molecule has 148 valence electrons. The van der Waals surface area contributed by atoms with Crippen molar-refractivity contribution in [2.75, 3.05) is 7.11 Å². The molecular formula is C22H37NO3. The van der Waals surface area contributed by atoms with Gasteiger partial charge < -0.3 is 9.84 Å². The van der Waals surface area contributed by atoms with Crippen molar-refractivity contribution in [3.05, 3.63) is 4.91 Å². The number of hydrogen-bond acceptors (Lipinski definition) is 4. The quantitative estimate of drug-likeness (QED) is 0.734. The molecule has 10 atom stereocenters. The third kappa shape index (κ3) is 2.54. The number of aliphatic hydroxyl groups excluding tert-OH is 1. The molecule has 4 aliphatic carbocycles. The minimum atomic E-state index is -0.222.